The summed E-state index contributed by atoms with van der Waals surface area (Å²) in [5, 5.41) is 5.23. The Hall–Kier alpha value is -4.05. The van der Waals surface area contributed by atoms with Gasteiger partial charge in [-0.3, -0.25) is 24.0 Å². The molecule has 53 heavy (non-hydrogen) atoms. The molecule has 0 aromatic heterocycles. The van der Waals surface area contributed by atoms with Gasteiger partial charge in [-0.15, -0.1) is 0 Å². The first-order chi connectivity index (χ1) is 25.0. The first-order valence-electron chi connectivity index (χ1n) is 18.3. The lowest BCUT2D eigenvalue weighted by molar-refractivity contribution is -0.141. The second-order valence-corrected chi connectivity index (χ2v) is 18.4. The van der Waals surface area contributed by atoms with Gasteiger partial charge in [0.25, 0.3) is 5.91 Å². The van der Waals surface area contributed by atoms with Crippen molar-refractivity contribution in [2.24, 2.45) is 5.92 Å². The number of allylic oxidation sites excluding steroid dienone is 1. The van der Waals surface area contributed by atoms with E-state index in [1.54, 1.807) is 32.9 Å². The van der Waals surface area contributed by atoms with Crippen molar-refractivity contribution in [1.29, 1.82) is 0 Å². The van der Waals surface area contributed by atoms with Crippen molar-refractivity contribution in [3.63, 3.8) is 0 Å². The van der Waals surface area contributed by atoms with E-state index in [0.717, 1.165) is 18.4 Å². The molecule has 4 heterocycles. The van der Waals surface area contributed by atoms with Crippen LogP contribution in [0.4, 0.5) is 15.3 Å². The van der Waals surface area contributed by atoms with Crippen LogP contribution < -0.4 is 25.0 Å². The minimum absolute atomic E-state index is 0.0177. The number of hydrogen-bond donors (Lipinski definition) is 3. The number of benzene rings is 1. The SMILES string of the molecule is CC(C)(C)OC(=O)NC1CCCCC/C=C\C2CC2(C(=O)NS(=O)(=O)C2CC2)NC(=O)C2CC3(CN(c4cc(Cl)c5c(c4)CCO5)C(=O)O3)CN2C1=O. The summed E-state index contributed by atoms with van der Waals surface area (Å²) in [5.74, 6) is -2.02. The summed E-state index contributed by atoms with van der Waals surface area (Å²) in [5.41, 5.74) is -2.42. The second kappa shape index (κ2) is 13.7. The molecule has 6 aliphatic rings. The molecular weight excluding hydrogens is 730 g/mol. The Kier molecular flexibility index (Phi) is 9.61. The summed E-state index contributed by atoms with van der Waals surface area (Å²) in [6.45, 7) is 5.38. The van der Waals surface area contributed by atoms with Gasteiger partial charge in [-0.1, -0.05) is 36.6 Å². The molecule has 4 fully saturated rings. The fourth-order valence-electron chi connectivity index (χ4n) is 7.75. The molecule has 4 aliphatic heterocycles. The molecule has 7 rings (SSSR count). The van der Waals surface area contributed by atoms with Gasteiger partial charge in [0.05, 0.1) is 30.0 Å². The van der Waals surface area contributed by atoms with Crippen LogP contribution in [0.5, 0.6) is 5.75 Å². The van der Waals surface area contributed by atoms with Crippen molar-refractivity contribution in [3.05, 3.63) is 34.9 Å². The lowest BCUT2D eigenvalue weighted by atomic mass is 9.99. The standard InChI is InChI=1S/C36H46ClN5O10S/c1-34(2,3)51-32(46)38-26-10-8-6-4-5-7-9-22-17-36(22,31(45)40-53(48,49)24-11-12-24)39-29(43)27-18-35(20-42(27)30(26)44)19-41(33(47)52-35)23-15-21-13-14-50-28(21)25(37)16-23/h7,9,15-16,22,24,26-27H,4-6,8,10-14,17-20H2,1-3H3,(H,38,46)(H,39,43)(H,40,45)/b9-7-. The van der Waals surface area contributed by atoms with Crippen LogP contribution in [0.3, 0.4) is 0 Å². The highest BCUT2D eigenvalue weighted by Crippen LogP contribution is 2.47. The molecule has 2 saturated heterocycles. The first-order valence-corrected chi connectivity index (χ1v) is 20.2. The highest BCUT2D eigenvalue weighted by molar-refractivity contribution is 7.91. The van der Waals surface area contributed by atoms with Gasteiger partial charge in [-0.05, 0) is 71.4 Å². The zero-order chi connectivity index (χ0) is 37.9. The van der Waals surface area contributed by atoms with E-state index < -0.39 is 79.9 Å². The largest absolute Gasteiger partial charge is 0.491 e. The van der Waals surface area contributed by atoms with Gasteiger partial charge >= 0.3 is 12.2 Å². The molecule has 2 saturated carbocycles. The highest BCUT2D eigenvalue weighted by atomic mass is 35.5. The number of hydrogen-bond acceptors (Lipinski definition) is 10. The molecule has 288 valence electrons. The molecule has 1 spiro atoms. The number of carbonyl (C=O) groups is 5. The van der Waals surface area contributed by atoms with E-state index in [2.05, 4.69) is 15.4 Å². The number of alkyl carbamates (subject to hydrolysis) is 1. The van der Waals surface area contributed by atoms with Crippen molar-refractivity contribution >= 4 is 57.2 Å². The Bertz CT molecular complexity index is 1860. The lowest BCUT2D eigenvalue weighted by Gasteiger charge is -2.30. The minimum atomic E-state index is -3.92. The van der Waals surface area contributed by atoms with Gasteiger partial charge in [0.2, 0.25) is 21.8 Å². The second-order valence-electron chi connectivity index (χ2n) is 16.0. The Morgan fingerprint density at radius 3 is 2.57 bits per heavy atom. The summed E-state index contributed by atoms with van der Waals surface area (Å²) < 4.78 is 45.0. The number of carbonyl (C=O) groups excluding carboxylic acids is 5. The van der Waals surface area contributed by atoms with E-state index in [-0.39, 0.29) is 32.4 Å². The van der Waals surface area contributed by atoms with Crippen molar-refractivity contribution in [2.45, 2.75) is 119 Å². The summed E-state index contributed by atoms with van der Waals surface area (Å²) in [6.07, 6.45) is 6.83. The molecule has 17 heteroatoms. The molecule has 3 N–H and O–H groups in total. The van der Waals surface area contributed by atoms with Crippen LogP contribution in [-0.4, -0.2) is 97.0 Å². The molecule has 5 unspecified atom stereocenters. The van der Waals surface area contributed by atoms with Crippen LogP contribution in [-0.2, 0) is 40.3 Å². The van der Waals surface area contributed by atoms with Crippen molar-refractivity contribution in [1.82, 2.24) is 20.3 Å². The third-order valence-corrected chi connectivity index (χ3v) is 12.8. The Morgan fingerprint density at radius 2 is 1.83 bits per heavy atom. The highest BCUT2D eigenvalue weighted by Gasteiger charge is 2.63. The first kappa shape index (κ1) is 37.3. The van der Waals surface area contributed by atoms with E-state index in [4.69, 9.17) is 25.8 Å². The van der Waals surface area contributed by atoms with Crippen molar-refractivity contribution in [2.75, 3.05) is 24.6 Å². The summed E-state index contributed by atoms with van der Waals surface area (Å²) in [4.78, 5) is 72.0. The van der Waals surface area contributed by atoms with Gasteiger partial charge in [-0.2, -0.15) is 0 Å². The summed E-state index contributed by atoms with van der Waals surface area (Å²) in [6, 6.07) is 1.10. The van der Waals surface area contributed by atoms with Crippen LogP contribution in [0.1, 0.15) is 84.1 Å². The van der Waals surface area contributed by atoms with Crippen LogP contribution in [0.2, 0.25) is 5.02 Å². The average molecular weight is 776 g/mol. The predicted molar refractivity (Wildman–Crippen MR) is 192 cm³/mol. The zero-order valence-electron chi connectivity index (χ0n) is 30.1. The number of ether oxygens (including phenoxy) is 3. The molecule has 5 amide bonds. The molecule has 1 aromatic carbocycles. The van der Waals surface area contributed by atoms with Crippen LogP contribution in [0.15, 0.2) is 24.3 Å². The Labute approximate surface area is 313 Å². The van der Waals surface area contributed by atoms with Gasteiger partial charge in [0.15, 0.2) is 5.60 Å². The Morgan fingerprint density at radius 1 is 1.06 bits per heavy atom. The van der Waals surface area contributed by atoms with Gasteiger partial charge in [-0.25, -0.2) is 18.0 Å². The number of anilines is 1. The average Bonchev–Trinajstić information content (AvgIpc) is 3.92. The normalized spacial score (nSPS) is 30.9. The van der Waals surface area contributed by atoms with E-state index in [1.807, 2.05) is 12.2 Å². The van der Waals surface area contributed by atoms with E-state index in [1.165, 1.54) is 9.80 Å². The third kappa shape index (κ3) is 7.66. The van der Waals surface area contributed by atoms with E-state index >= 15 is 0 Å². The fourth-order valence-corrected chi connectivity index (χ4v) is 9.40. The smallest absolute Gasteiger partial charge is 0.415 e. The number of nitrogens with zero attached hydrogens (tertiary/aromatic N) is 2. The zero-order valence-corrected chi connectivity index (χ0v) is 31.6. The molecule has 0 radical (unpaired) electrons. The molecule has 15 nitrogen and oxygen atoms in total. The molecule has 0 bridgehead atoms. The van der Waals surface area contributed by atoms with Crippen LogP contribution in [0, 0.1) is 5.92 Å². The molecular formula is C36H46ClN5O10S. The van der Waals surface area contributed by atoms with Crippen LogP contribution >= 0.6 is 11.6 Å². The maximum atomic E-state index is 14.6. The van der Waals surface area contributed by atoms with Crippen LogP contribution in [0.25, 0.3) is 0 Å². The number of halogens is 1. The number of nitrogens with one attached hydrogen (secondary N) is 3. The quantitative estimate of drug-likeness (QED) is 0.374. The van der Waals surface area contributed by atoms with Gasteiger partial charge in [0, 0.05) is 30.0 Å². The summed E-state index contributed by atoms with van der Waals surface area (Å²) >= 11 is 6.50. The van der Waals surface area contributed by atoms with Gasteiger partial charge < -0.3 is 29.7 Å². The number of fused-ring (bicyclic) bond motifs is 3. The number of sulfonamides is 1. The molecule has 1 aromatic rings. The van der Waals surface area contributed by atoms with Gasteiger partial charge in [0.1, 0.15) is 29.0 Å². The number of rotatable bonds is 5. The van der Waals surface area contributed by atoms with E-state index in [9.17, 15) is 32.4 Å². The van der Waals surface area contributed by atoms with E-state index in [0.29, 0.717) is 55.2 Å². The number of amides is 5. The van der Waals surface area contributed by atoms with Crippen molar-refractivity contribution in [3.8, 4) is 5.75 Å². The summed E-state index contributed by atoms with van der Waals surface area (Å²) in [7, 11) is -3.92. The lowest BCUT2D eigenvalue weighted by Crippen LogP contribution is -2.58. The third-order valence-electron chi connectivity index (χ3n) is 10.7. The monoisotopic (exact) mass is 775 g/mol. The topological polar surface area (TPSA) is 190 Å². The predicted octanol–water partition coefficient (Wildman–Crippen LogP) is 3.47. The molecule has 2 aliphatic carbocycles. The minimum Gasteiger partial charge on any atom is -0.491 e. The maximum Gasteiger partial charge on any atom is 0.415 e. The Balaban J connectivity index is 1.20. The fraction of sp³-hybridized carbons (Fsp3) is 0.639. The van der Waals surface area contributed by atoms with Crippen molar-refractivity contribution < 1.29 is 46.6 Å². The molecule has 5 atom stereocenters. The maximum absolute atomic E-state index is 14.6.